The first-order valence-corrected chi connectivity index (χ1v) is 6.14. The van der Waals surface area contributed by atoms with Gasteiger partial charge in [-0.1, -0.05) is 12.1 Å². The van der Waals surface area contributed by atoms with Crippen LogP contribution < -0.4 is 5.32 Å². The average molecular weight is 304 g/mol. The van der Waals surface area contributed by atoms with Crippen molar-refractivity contribution in [3.05, 3.63) is 75.9 Å². The fourth-order valence-electron chi connectivity index (χ4n) is 1.68. The van der Waals surface area contributed by atoms with Gasteiger partial charge in [0.05, 0.1) is 10.6 Å². The molecule has 0 saturated heterocycles. The van der Waals surface area contributed by atoms with Gasteiger partial charge >= 0.3 is 0 Å². The number of halogens is 2. The number of benzene rings is 2. The molecular formula is C15H10F2N2O3. The molecule has 0 aliphatic heterocycles. The summed E-state index contributed by atoms with van der Waals surface area (Å²) in [5.41, 5.74) is 0.186. The number of non-ortho nitro benzene ring substituents is 1. The molecule has 2 aromatic rings. The van der Waals surface area contributed by atoms with Crippen molar-refractivity contribution in [2.75, 3.05) is 5.32 Å². The molecule has 0 aliphatic carbocycles. The highest BCUT2D eigenvalue weighted by molar-refractivity contribution is 6.02. The van der Waals surface area contributed by atoms with E-state index in [1.165, 1.54) is 24.3 Å². The largest absolute Gasteiger partial charge is 0.320 e. The van der Waals surface area contributed by atoms with E-state index in [-0.39, 0.29) is 11.4 Å². The molecule has 1 amide bonds. The fourth-order valence-corrected chi connectivity index (χ4v) is 1.68. The number of anilines is 1. The van der Waals surface area contributed by atoms with Crippen LogP contribution in [-0.2, 0) is 4.79 Å². The van der Waals surface area contributed by atoms with Gasteiger partial charge in [0.15, 0.2) is 0 Å². The second-order valence-electron chi connectivity index (χ2n) is 4.30. The maximum Gasteiger partial charge on any atom is 0.270 e. The molecule has 0 radical (unpaired) electrons. The molecule has 0 atom stereocenters. The molecule has 0 fully saturated rings. The molecule has 7 heteroatoms. The second-order valence-corrected chi connectivity index (χ2v) is 4.30. The third kappa shape index (κ3) is 3.95. The van der Waals surface area contributed by atoms with E-state index in [1.54, 1.807) is 6.07 Å². The highest BCUT2D eigenvalue weighted by atomic mass is 19.1. The van der Waals surface area contributed by atoms with E-state index in [0.29, 0.717) is 11.6 Å². The number of nitrogens with zero attached hydrogens (tertiary/aromatic N) is 1. The molecule has 0 heterocycles. The molecule has 2 rings (SSSR count). The van der Waals surface area contributed by atoms with E-state index in [9.17, 15) is 23.7 Å². The Morgan fingerprint density at radius 3 is 2.64 bits per heavy atom. The predicted octanol–water partition coefficient (Wildman–Crippen LogP) is 3.52. The van der Waals surface area contributed by atoms with E-state index < -0.39 is 22.5 Å². The lowest BCUT2D eigenvalue weighted by Gasteiger charge is -2.03. The summed E-state index contributed by atoms with van der Waals surface area (Å²) >= 11 is 0. The maximum absolute atomic E-state index is 13.4. The number of carbonyl (C=O) groups excluding carboxylic acids is 1. The highest BCUT2D eigenvalue weighted by Gasteiger charge is 2.07. The van der Waals surface area contributed by atoms with Gasteiger partial charge in [-0.2, -0.15) is 0 Å². The van der Waals surface area contributed by atoms with E-state index in [2.05, 4.69) is 5.32 Å². The number of carbonyl (C=O) groups is 1. The maximum atomic E-state index is 13.4. The van der Waals surface area contributed by atoms with E-state index in [0.717, 1.165) is 18.2 Å². The summed E-state index contributed by atoms with van der Waals surface area (Å²) in [6.07, 6.45) is 2.45. The SMILES string of the molecule is O=C(C=Cc1cccc([N+](=O)[O-])c1)Nc1ccc(F)cc1F. The van der Waals surface area contributed by atoms with Crippen molar-refractivity contribution < 1.29 is 18.5 Å². The average Bonchev–Trinajstić information content (AvgIpc) is 2.48. The number of nitro groups is 1. The van der Waals surface area contributed by atoms with Gasteiger partial charge in [0, 0.05) is 24.3 Å². The summed E-state index contributed by atoms with van der Waals surface area (Å²) in [7, 11) is 0. The lowest BCUT2D eigenvalue weighted by molar-refractivity contribution is -0.384. The summed E-state index contributed by atoms with van der Waals surface area (Å²) in [6.45, 7) is 0. The van der Waals surface area contributed by atoms with Crippen LogP contribution in [0.5, 0.6) is 0 Å². The van der Waals surface area contributed by atoms with Gasteiger partial charge in [0.1, 0.15) is 11.6 Å². The van der Waals surface area contributed by atoms with Crippen molar-refractivity contribution in [1.29, 1.82) is 0 Å². The van der Waals surface area contributed by atoms with Gasteiger partial charge in [-0.25, -0.2) is 8.78 Å². The molecule has 0 bridgehead atoms. The first-order chi connectivity index (χ1) is 10.5. The molecule has 0 aliphatic rings. The zero-order chi connectivity index (χ0) is 16.1. The molecule has 0 aromatic heterocycles. The molecule has 0 unspecified atom stereocenters. The van der Waals surface area contributed by atoms with Crippen LogP contribution in [0.25, 0.3) is 6.08 Å². The lowest BCUT2D eigenvalue weighted by Crippen LogP contribution is -2.09. The molecule has 2 aromatic carbocycles. The molecular weight excluding hydrogens is 294 g/mol. The van der Waals surface area contributed by atoms with Gasteiger partial charge in [-0.15, -0.1) is 0 Å². The minimum absolute atomic E-state index is 0.105. The van der Waals surface area contributed by atoms with Crippen LogP contribution >= 0.6 is 0 Å². The number of amides is 1. The molecule has 112 valence electrons. The monoisotopic (exact) mass is 304 g/mol. The minimum Gasteiger partial charge on any atom is -0.320 e. The van der Waals surface area contributed by atoms with Gasteiger partial charge in [-0.3, -0.25) is 14.9 Å². The molecule has 5 nitrogen and oxygen atoms in total. The molecule has 1 N–H and O–H groups in total. The molecule has 0 saturated carbocycles. The van der Waals surface area contributed by atoms with Crippen LogP contribution in [0.4, 0.5) is 20.2 Å². The van der Waals surface area contributed by atoms with Crippen LogP contribution in [0.3, 0.4) is 0 Å². The third-order valence-electron chi connectivity index (χ3n) is 2.70. The van der Waals surface area contributed by atoms with Crippen LogP contribution in [0.15, 0.2) is 48.5 Å². The van der Waals surface area contributed by atoms with Gasteiger partial charge in [0.25, 0.3) is 5.69 Å². The van der Waals surface area contributed by atoms with Crippen molar-refractivity contribution in [2.45, 2.75) is 0 Å². The van der Waals surface area contributed by atoms with Crippen LogP contribution in [0.2, 0.25) is 0 Å². The van der Waals surface area contributed by atoms with Gasteiger partial charge < -0.3 is 5.32 Å². The molecule has 0 spiro atoms. The Morgan fingerprint density at radius 2 is 1.95 bits per heavy atom. The molecule has 22 heavy (non-hydrogen) atoms. The van der Waals surface area contributed by atoms with Crippen molar-refractivity contribution in [3.63, 3.8) is 0 Å². The smallest absolute Gasteiger partial charge is 0.270 e. The summed E-state index contributed by atoms with van der Waals surface area (Å²) in [6, 6.07) is 8.45. The van der Waals surface area contributed by atoms with Crippen LogP contribution in [0, 0.1) is 21.7 Å². The quantitative estimate of drug-likeness (QED) is 0.533. The first-order valence-electron chi connectivity index (χ1n) is 6.14. The Kier molecular flexibility index (Phi) is 4.57. The number of nitro benzene ring substituents is 1. The third-order valence-corrected chi connectivity index (χ3v) is 2.70. The minimum atomic E-state index is -0.892. The fraction of sp³-hybridized carbons (Fsp3) is 0. The number of rotatable bonds is 4. The first kappa shape index (κ1) is 15.3. The Hall–Kier alpha value is -3.09. The van der Waals surface area contributed by atoms with Gasteiger partial charge in [0.2, 0.25) is 5.91 Å². The topological polar surface area (TPSA) is 72.2 Å². The predicted molar refractivity (Wildman–Crippen MR) is 77.1 cm³/mol. The van der Waals surface area contributed by atoms with Crippen molar-refractivity contribution >= 4 is 23.4 Å². The highest BCUT2D eigenvalue weighted by Crippen LogP contribution is 2.16. The lowest BCUT2D eigenvalue weighted by atomic mass is 10.2. The van der Waals surface area contributed by atoms with E-state index in [4.69, 9.17) is 0 Å². The Balaban J connectivity index is 2.08. The van der Waals surface area contributed by atoms with Crippen LogP contribution in [-0.4, -0.2) is 10.8 Å². The van der Waals surface area contributed by atoms with Crippen LogP contribution in [0.1, 0.15) is 5.56 Å². The van der Waals surface area contributed by atoms with E-state index in [1.807, 2.05) is 0 Å². The standard InChI is InChI=1S/C15H10F2N2O3/c16-11-5-6-14(13(17)9-11)18-15(20)7-4-10-2-1-3-12(8-10)19(21)22/h1-9H,(H,18,20). The normalized spacial score (nSPS) is 10.6. The number of hydrogen-bond acceptors (Lipinski definition) is 3. The number of hydrogen-bond donors (Lipinski definition) is 1. The summed E-state index contributed by atoms with van der Waals surface area (Å²) in [5, 5.41) is 12.9. The summed E-state index contributed by atoms with van der Waals surface area (Å²) in [4.78, 5) is 21.7. The van der Waals surface area contributed by atoms with Crippen molar-refractivity contribution in [1.82, 2.24) is 0 Å². The van der Waals surface area contributed by atoms with Gasteiger partial charge in [-0.05, 0) is 23.8 Å². The summed E-state index contributed by atoms with van der Waals surface area (Å²) in [5.74, 6) is -2.28. The van der Waals surface area contributed by atoms with Crippen molar-refractivity contribution in [2.24, 2.45) is 0 Å². The second kappa shape index (κ2) is 6.57. The van der Waals surface area contributed by atoms with E-state index >= 15 is 0 Å². The Labute approximate surface area is 124 Å². The zero-order valence-electron chi connectivity index (χ0n) is 11.1. The Bertz CT molecular complexity index is 760. The Morgan fingerprint density at radius 1 is 1.18 bits per heavy atom. The van der Waals surface area contributed by atoms with Crippen molar-refractivity contribution in [3.8, 4) is 0 Å². The summed E-state index contributed by atoms with van der Waals surface area (Å²) < 4.78 is 26.1. The zero-order valence-corrected chi connectivity index (χ0v) is 11.1. The number of nitrogens with one attached hydrogen (secondary N) is 1.